The van der Waals surface area contributed by atoms with Gasteiger partial charge >= 0.3 is 0 Å². The number of aromatic nitrogens is 1. The molecule has 0 saturated heterocycles. The minimum Gasteiger partial charge on any atom is -0.397 e. The minimum atomic E-state index is -0.185. The topological polar surface area (TPSA) is 70.9 Å². The Morgan fingerprint density at radius 2 is 2.06 bits per heavy atom. The van der Waals surface area contributed by atoms with Gasteiger partial charge in [0.1, 0.15) is 5.69 Å². The fourth-order valence-corrected chi connectivity index (χ4v) is 1.78. The molecule has 0 unspecified atom stereocenters. The Balaban J connectivity index is 2.03. The van der Waals surface area contributed by atoms with Gasteiger partial charge in [0.25, 0.3) is 5.91 Å². The maximum Gasteiger partial charge on any atom is 0.272 e. The summed E-state index contributed by atoms with van der Waals surface area (Å²) < 4.78 is 0. The number of nitrogens with two attached hydrogens (primary N) is 1. The zero-order valence-electron chi connectivity index (χ0n) is 10.4. The molecule has 1 amide bonds. The molecule has 2 aromatic rings. The van der Waals surface area contributed by atoms with Gasteiger partial charge in [0, 0.05) is 17.6 Å². The van der Waals surface area contributed by atoms with Crippen molar-refractivity contribution in [1.29, 1.82) is 0 Å². The predicted molar refractivity (Wildman–Crippen MR) is 73.6 cm³/mol. The summed E-state index contributed by atoms with van der Waals surface area (Å²) in [5, 5.41) is 2.82. The van der Waals surface area contributed by atoms with Crippen molar-refractivity contribution >= 4 is 17.3 Å². The molecule has 4 N–H and O–H groups in total. The summed E-state index contributed by atoms with van der Waals surface area (Å²) in [6, 6.07) is 9.50. The summed E-state index contributed by atoms with van der Waals surface area (Å²) in [5.41, 5.74) is 8.63. The fourth-order valence-electron chi connectivity index (χ4n) is 1.78. The maximum absolute atomic E-state index is 11.8. The van der Waals surface area contributed by atoms with Crippen LogP contribution in [0.3, 0.4) is 0 Å². The second-order valence-corrected chi connectivity index (χ2v) is 4.25. The van der Waals surface area contributed by atoms with E-state index in [0.717, 1.165) is 18.5 Å². The number of benzene rings is 1. The SMILES string of the molecule is CCCc1ccc(NC(=O)c2cc(N)c[nH]2)cc1. The summed E-state index contributed by atoms with van der Waals surface area (Å²) in [4.78, 5) is 14.7. The van der Waals surface area contributed by atoms with E-state index in [4.69, 9.17) is 5.73 Å². The number of carbonyl (C=O) groups is 1. The van der Waals surface area contributed by atoms with Gasteiger partial charge in [-0.25, -0.2) is 0 Å². The first-order valence-electron chi connectivity index (χ1n) is 6.03. The first-order valence-corrected chi connectivity index (χ1v) is 6.03. The summed E-state index contributed by atoms with van der Waals surface area (Å²) in [6.45, 7) is 2.14. The molecule has 2 rings (SSSR count). The largest absolute Gasteiger partial charge is 0.397 e. The predicted octanol–water partition coefficient (Wildman–Crippen LogP) is 2.80. The molecule has 94 valence electrons. The van der Waals surface area contributed by atoms with E-state index in [2.05, 4.69) is 17.2 Å². The average molecular weight is 243 g/mol. The maximum atomic E-state index is 11.8. The van der Waals surface area contributed by atoms with Gasteiger partial charge in [-0.3, -0.25) is 4.79 Å². The van der Waals surface area contributed by atoms with Gasteiger partial charge in [0.2, 0.25) is 0 Å². The van der Waals surface area contributed by atoms with Crippen molar-refractivity contribution < 1.29 is 4.79 Å². The first kappa shape index (κ1) is 12.2. The van der Waals surface area contributed by atoms with Gasteiger partial charge in [-0.1, -0.05) is 25.5 Å². The zero-order chi connectivity index (χ0) is 13.0. The molecule has 18 heavy (non-hydrogen) atoms. The number of H-pyrrole nitrogens is 1. The normalized spacial score (nSPS) is 10.3. The lowest BCUT2D eigenvalue weighted by molar-refractivity contribution is 0.102. The van der Waals surface area contributed by atoms with Gasteiger partial charge < -0.3 is 16.0 Å². The number of aryl methyl sites for hydroxylation is 1. The van der Waals surface area contributed by atoms with E-state index in [0.29, 0.717) is 11.4 Å². The summed E-state index contributed by atoms with van der Waals surface area (Å²) >= 11 is 0. The molecule has 1 aromatic heterocycles. The highest BCUT2D eigenvalue weighted by molar-refractivity contribution is 6.03. The highest BCUT2D eigenvalue weighted by Gasteiger charge is 2.07. The Morgan fingerprint density at radius 1 is 1.33 bits per heavy atom. The lowest BCUT2D eigenvalue weighted by atomic mass is 10.1. The number of rotatable bonds is 4. The van der Waals surface area contributed by atoms with Crippen LogP contribution in [-0.2, 0) is 6.42 Å². The molecule has 0 radical (unpaired) electrons. The van der Waals surface area contributed by atoms with Crippen molar-refractivity contribution in [2.75, 3.05) is 11.1 Å². The second kappa shape index (κ2) is 5.40. The van der Waals surface area contributed by atoms with E-state index < -0.39 is 0 Å². The molecule has 0 aliphatic rings. The Hall–Kier alpha value is -2.23. The van der Waals surface area contributed by atoms with E-state index in [1.807, 2.05) is 24.3 Å². The molecule has 0 fully saturated rings. The zero-order valence-corrected chi connectivity index (χ0v) is 10.4. The van der Waals surface area contributed by atoms with Crippen LogP contribution >= 0.6 is 0 Å². The third-order valence-corrected chi connectivity index (χ3v) is 2.70. The number of hydrogen-bond donors (Lipinski definition) is 3. The number of carbonyl (C=O) groups excluding carboxylic acids is 1. The van der Waals surface area contributed by atoms with Crippen LogP contribution in [0.1, 0.15) is 29.4 Å². The molecule has 1 aromatic carbocycles. The second-order valence-electron chi connectivity index (χ2n) is 4.25. The van der Waals surface area contributed by atoms with Crippen molar-refractivity contribution in [3.8, 4) is 0 Å². The van der Waals surface area contributed by atoms with Crippen LogP contribution in [0.2, 0.25) is 0 Å². The Bertz CT molecular complexity index is 528. The molecular weight excluding hydrogens is 226 g/mol. The van der Waals surface area contributed by atoms with Crippen LogP contribution in [0.4, 0.5) is 11.4 Å². The van der Waals surface area contributed by atoms with Gasteiger partial charge in [-0.15, -0.1) is 0 Å². The van der Waals surface area contributed by atoms with Crippen molar-refractivity contribution in [2.24, 2.45) is 0 Å². The van der Waals surface area contributed by atoms with Crippen molar-refractivity contribution in [3.05, 3.63) is 47.8 Å². The smallest absolute Gasteiger partial charge is 0.272 e. The highest BCUT2D eigenvalue weighted by Crippen LogP contribution is 2.13. The average Bonchev–Trinajstić information content (AvgIpc) is 2.79. The molecule has 4 nitrogen and oxygen atoms in total. The standard InChI is InChI=1S/C14H17N3O/c1-2-3-10-4-6-12(7-5-10)17-14(18)13-8-11(15)9-16-13/h4-9,16H,2-3,15H2,1H3,(H,17,18). The number of amides is 1. The summed E-state index contributed by atoms with van der Waals surface area (Å²) in [5.74, 6) is -0.185. The van der Waals surface area contributed by atoms with Crippen LogP contribution < -0.4 is 11.1 Å². The van der Waals surface area contributed by atoms with Crippen LogP contribution in [0, 0.1) is 0 Å². The van der Waals surface area contributed by atoms with E-state index in [1.165, 1.54) is 5.56 Å². The van der Waals surface area contributed by atoms with Crippen LogP contribution in [-0.4, -0.2) is 10.9 Å². The number of anilines is 2. The number of nitrogens with one attached hydrogen (secondary N) is 2. The highest BCUT2D eigenvalue weighted by atomic mass is 16.1. The van der Waals surface area contributed by atoms with E-state index in [1.54, 1.807) is 12.3 Å². The molecule has 0 aliphatic heterocycles. The lowest BCUT2D eigenvalue weighted by Crippen LogP contribution is -2.12. The Labute approximate surface area is 106 Å². The van der Waals surface area contributed by atoms with Gasteiger partial charge in [-0.05, 0) is 30.2 Å². The molecule has 0 atom stereocenters. The number of nitrogen functional groups attached to an aromatic ring is 1. The number of aromatic amines is 1. The van der Waals surface area contributed by atoms with E-state index in [-0.39, 0.29) is 5.91 Å². The molecular formula is C14H17N3O. The van der Waals surface area contributed by atoms with Gasteiger partial charge in [0.15, 0.2) is 0 Å². The molecule has 4 heteroatoms. The first-order chi connectivity index (χ1) is 8.69. The molecule has 0 aliphatic carbocycles. The van der Waals surface area contributed by atoms with Crippen molar-refractivity contribution in [2.45, 2.75) is 19.8 Å². The van der Waals surface area contributed by atoms with E-state index in [9.17, 15) is 4.79 Å². The number of hydrogen-bond acceptors (Lipinski definition) is 2. The molecule has 1 heterocycles. The van der Waals surface area contributed by atoms with Crippen LogP contribution in [0.25, 0.3) is 0 Å². The van der Waals surface area contributed by atoms with Crippen LogP contribution in [0.5, 0.6) is 0 Å². The quantitative estimate of drug-likeness (QED) is 0.772. The van der Waals surface area contributed by atoms with Gasteiger partial charge in [-0.2, -0.15) is 0 Å². The third kappa shape index (κ3) is 2.91. The molecule has 0 bridgehead atoms. The summed E-state index contributed by atoms with van der Waals surface area (Å²) in [6.07, 6.45) is 3.77. The van der Waals surface area contributed by atoms with Crippen LogP contribution in [0.15, 0.2) is 36.5 Å². The monoisotopic (exact) mass is 243 g/mol. The Kier molecular flexibility index (Phi) is 3.67. The third-order valence-electron chi connectivity index (χ3n) is 2.70. The lowest BCUT2D eigenvalue weighted by Gasteiger charge is -2.05. The van der Waals surface area contributed by atoms with Crippen molar-refractivity contribution in [3.63, 3.8) is 0 Å². The fraction of sp³-hybridized carbons (Fsp3) is 0.214. The van der Waals surface area contributed by atoms with E-state index >= 15 is 0 Å². The van der Waals surface area contributed by atoms with Crippen molar-refractivity contribution in [1.82, 2.24) is 4.98 Å². The molecule has 0 saturated carbocycles. The van der Waals surface area contributed by atoms with Gasteiger partial charge in [0.05, 0.1) is 0 Å². The summed E-state index contributed by atoms with van der Waals surface area (Å²) in [7, 11) is 0. The Morgan fingerprint density at radius 3 is 2.61 bits per heavy atom. The molecule has 0 spiro atoms. The minimum absolute atomic E-state index is 0.185.